The van der Waals surface area contributed by atoms with Crippen LogP contribution in [-0.2, 0) is 0 Å². The Morgan fingerprint density at radius 3 is 1.00 bits per heavy atom. The standard InChI is InChI=1S/H4N2.H10Si4/c1-2;1-4(2)3/h1-2H2;4H,1-3H3. The Hall–Kier alpha value is 0.788. The van der Waals surface area contributed by atoms with Crippen LogP contribution in [0.1, 0.15) is 0 Å². The molecular formula is H14N2Si4. The molecule has 2 nitrogen and oxygen atoms in total. The van der Waals surface area contributed by atoms with Gasteiger partial charge < -0.3 is 0 Å². The minimum Gasteiger partial charge on any atom is -0.274 e. The lowest BCUT2D eigenvalue weighted by Gasteiger charge is -1.74. The Morgan fingerprint density at radius 2 is 1.00 bits per heavy atom. The Morgan fingerprint density at radius 1 is 1.00 bits per heavy atom. The topological polar surface area (TPSA) is 52.0 Å². The summed E-state index contributed by atoms with van der Waals surface area (Å²) in [4.78, 5) is 0. The van der Waals surface area contributed by atoms with E-state index in [1.807, 2.05) is 0 Å². The molecule has 0 heterocycles. The second-order valence-electron chi connectivity index (χ2n) is 1.73. The van der Waals surface area contributed by atoms with Gasteiger partial charge in [-0.25, -0.2) is 0 Å². The molecule has 0 bridgehead atoms. The Labute approximate surface area is 48.9 Å². The molecule has 0 atom stereocenters. The van der Waals surface area contributed by atoms with Crippen LogP contribution < -0.4 is 11.7 Å². The molecule has 0 aliphatic carbocycles. The molecule has 0 spiro atoms. The zero-order valence-corrected chi connectivity index (χ0v) is 11.9. The maximum Gasteiger partial charge on any atom is -0.00850 e. The highest BCUT2D eigenvalue weighted by Gasteiger charge is 1.72. The Balaban J connectivity index is 0. The lowest BCUT2D eigenvalue weighted by molar-refractivity contribution is 1.26. The molecule has 0 aromatic heterocycles. The van der Waals surface area contributed by atoms with Crippen molar-refractivity contribution >= 4 is 36.6 Å². The molecule has 0 rings (SSSR count). The van der Waals surface area contributed by atoms with Crippen LogP contribution in [0.5, 0.6) is 0 Å². The van der Waals surface area contributed by atoms with Crippen LogP contribution in [0.15, 0.2) is 0 Å². The molecule has 6 heteroatoms. The second-order valence-corrected chi connectivity index (χ2v) is 46.8. The Kier molecular flexibility index (Phi) is 15.3. The largest absolute Gasteiger partial charge is 0.274 e. The second kappa shape index (κ2) is 9.25. The van der Waals surface area contributed by atoms with Crippen LogP contribution in [-0.4, -0.2) is 36.6 Å². The van der Waals surface area contributed by atoms with Crippen molar-refractivity contribution in [2.45, 2.75) is 0 Å². The van der Waals surface area contributed by atoms with Gasteiger partial charge >= 0.3 is 0 Å². The number of hydrogen-bond acceptors (Lipinski definition) is 2. The van der Waals surface area contributed by atoms with E-state index in [1.54, 1.807) is 29.3 Å². The van der Waals surface area contributed by atoms with E-state index in [0.29, 0.717) is 0 Å². The van der Waals surface area contributed by atoms with E-state index in [0.717, 1.165) is 0 Å². The van der Waals surface area contributed by atoms with Crippen molar-refractivity contribution < 1.29 is 0 Å². The summed E-state index contributed by atoms with van der Waals surface area (Å²) < 4.78 is 0. The van der Waals surface area contributed by atoms with E-state index in [1.165, 1.54) is 0 Å². The van der Waals surface area contributed by atoms with Gasteiger partial charge in [-0.3, -0.25) is 11.7 Å². The lowest BCUT2D eigenvalue weighted by atomic mass is 13.0. The van der Waals surface area contributed by atoms with Gasteiger partial charge in [-0.1, -0.05) is 0 Å². The van der Waals surface area contributed by atoms with Crippen molar-refractivity contribution in [2.75, 3.05) is 0 Å². The van der Waals surface area contributed by atoms with E-state index in [4.69, 9.17) is 0 Å². The monoisotopic (exact) mass is 154 g/mol. The maximum absolute atomic E-state index is 4.00. The fourth-order valence-corrected chi connectivity index (χ4v) is 0. The summed E-state index contributed by atoms with van der Waals surface area (Å²) in [7, 11) is 5.11. The summed E-state index contributed by atoms with van der Waals surface area (Å²) in [5.74, 6) is 8.00. The van der Waals surface area contributed by atoms with Gasteiger partial charge in [0.05, 0.1) is 0 Å². The number of nitrogens with two attached hydrogens (primary N) is 2. The van der Waals surface area contributed by atoms with Crippen molar-refractivity contribution in [2.24, 2.45) is 11.7 Å². The third kappa shape index (κ3) is 111. The first-order chi connectivity index (χ1) is 2.73. The third-order valence-electron chi connectivity index (χ3n) is 0. The first-order valence-electron chi connectivity index (χ1n) is 2.07. The molecule has 0 aliphatic heterocycles. The van der Waals surface area contributed by atoms with Crippen LogP contribution >= 0.6 is 0 Å². The highest BCUT2D eigenvalue weighted by molar-refractivity contribution is 7.49. The van der Waals surface area contributed by atoms with Crippen molar-refractivity contribution in [3.63, 3.8) is 0 Å². The van der Waals surface area contributed by atoms with Gasteiger partial charge in [0.1, 0.15) is 0 Å². The zero-order chi connectivity index (χ0) is 5.58. The quantitative estimate of drug-likeness (QED) is 0.208. The molecule has 0 aliphatic rings. The van der Waals surface area contributed by atoms with Crippen molar-refractivity contribution in [3.8, 4) is 0 Å². The summed E-state index contributed by atoms with van der Waals surface area (Å²) >= 11 is 0. The Bertz CT molecular complexity index is 10.3. The van der Waals surface area contributed by atoms with E-state index >= 15 is 0 Å². The normalized spacial score (nSPS) is 13.0. The smallest absolute Gasteiger partial charge is 0.00850 e. The van der Waals surface area contributed by atoms with Gasteiger partial charge in [0.2, 0.25) is 0 Å². The average Bonchev–Trinajstić information content (AvgIpc) is 1.41. The van der Waals surface area contributed by atoms with Crippen molar-refractivity contribution in [1.29, 1.82) is 0 Å². The summed E-state index contributed by atoms with van der Waals surface area (Å²) in [5.41, 5.74) is 0. The first-order valence-corrected chi connectivity index (χ1v) is 15.9. The minimum atomic E-state index is 0.278. The van der Waals surface area contributed by atoms with Gasteiger partial charge in [0.15, 0.2) is 0 Å². The fraction of sp³-hybridized carbons (Fsp3) is 0. The van der Waals surface area contributed by atoms with Crippen LogP contribution in [0, 0.1) is 0 Å². The van der Waals surface area contributed by atoms with Gasteiger partial charge in [-0.15, -0.1) is 0 Å². The molecule has 0 fully saturated rings. The van der Waals surface area contributed by atoms with Gasteiger partial charge in [0.25, 0.3) is 0 Å². The average molecular weight is 154 g/mol. The molecular weight excluding hydrogens is 140 g/mol. The molecule has 6 heavy (non-hydrogen) atoms. The molecule has 4 N–H and O–H groups in total. The molecule has 0 radical (unpaired) electrons. The van der Waals surface area contributed by atoms with Crippen LogP contribution in [0.25, 0.3) is 0 Å². The predicted molar refractivity (Wildman–Crippen MR) is 45.3 cm³/mol. The molecule has 40 valence electrons. The van der Waals surface area contributed by atoms with Crippen molar-refractivity contribution in [3.05, 3.63) is 0 Å². The highest BCUT2D eigenvalue weighted by atomic mass is 29.8. The SMILES string of the molecule is NN.[SiH3][SiH]([SiH3])[SiH3]. The molecule has 0 saturated heterocycles. The van der Waals surface area contributed by atoms with Gasteiger partial charge in [-0.2, -0.15) is 0 Å². The molecule has 0 aromatic rings. The molecule has 0 unspecified atom stereocenters. The molecule has 0 amide bonds. The first kappa shape index (κ1) is 9.92. The third-order valence-corrected chi connectivity index (χ3v) is 0. The van der Waals surface area contributed by atoms with E-state index in [9.17, 15) is 0 Å². The van der Waals surface area contributed by atoms with Crippen LogP contribution in [0.2, 0.25) is 0 Å². The number of rotatable bonds is 0. The summed E-state index contributed by atoms with van der Waals surface area (Å²) in [5, 5.41) is 0. The minimum absolute atomic E-state index is 0.278. The zero-order valence-electron chi connectivity index (χ0n) is 4.73. The summed E-state index contributed by atoms with van der Waals surface area (Å²) in [6, 6.07) is 0. The fourth-order valence-electron chi connectivity index (χ4n) is 0. The van der Waals surface area contributed by atoms with Gasteiger partial charge in [-0.05, 0) is 36.6 Å². The van der Waals surface area contributed by atoms with E-state index < -0.39 is 0 Å². The predicted octanol–water partition coefficient (Wildman–Crippen LogP) is -5.38. The molecule has 0 aromatic carbocycles. The van der Waals surface area contributed by atoms with E-state index in [2.05, 4.69) is 11.7 Å². The number of hydrogen-bond donors (Lipinski definition) is 2. The lowest BCUT2D eigenvalue weighted by Crippen LogP contribution is -2.11. The highest BCUT2D eigenvalue weighted by Crippen LogP contribution is 1.35. The van der Waals surface area contributed by atoms with E-state index in [-0.39, 0.29) is 7.35 Å². The number of hydrazine groups is 1. The van der Waals surface area contributed by atoms with Crippen LogP contribution in [0.4, 0.5) is 0 Å². The maximum atomic E-state index is 4.00. The summed E-state index contributed by atoms with van der Waals surface area (Å²) in [6.07, 6.45) is 0. The summed E-state index contributed by atoms with van der Waals surface area (Å²) in [6.45, 7) is 0. The van der Waals surface area contributed by atoms with Crippen LogP contribution in [0.3, 0.4) is 0 Å². The molecule has 0 saturated carbocycles. The van der Waals surface area contributed by atoms with Crippen molar-refractivity contribution in [1.82, 2.24) is 0 Å². The van der Waals surface area contributed by atoms with Gasteiger partial charge in [0, 0.05) is 0 Å².